The van der Waals surface area contributed by atoms with E-state index in [4.69, 9.17) is 11.6 Å². The third kappa shape index (κ3) is 5.48. The van der Waals surface area contributed by atoms with Crippen molar-refractivity contribution in [2.45, 2.75) is 19.8 Å². The van der Waals surface area contributed by atoms with Crippen LogP contribution in [0.1, 0.15) is 18.4 Å². The number of hydrogen-bond acceptors (Lipinski definition) is 5. The second-order valence-electron chi connectivity index (χ2n) is 8.34. The van der Waals surface area contributed by atoms with Crippen molar-refractivity contribution in [1.82, 2.24) is 4.31 Å². The lowest BCUT2D eigenvalue weighted by Gasteiger charge is -2.35. The lowest BCUT2D eigenvalue weighted by molar-refractivity contribution is -0.117. The lowest BCUT2D eigenvalue weighted by Crippen LogP contribution is -2.50. The number of nitrogens with zero attached hydrogens (tertiary/aromatic N) is 3. The lowest BCUT2D eigenvalue weighted by atomic mass is 10.2. The number of aryl methyl sites for hydroxylation is 1. The zero-order chi connectivity index (χ0) is 23.6. The number of sulfonamides is 1. The first-order valence-corrected chi connectivity index (χ1v) is 12.9. The monoisotopic (exact) mass is 490 g/mol. The van der Waals surface area contributed by atoms with E-state index in [-0.39, 0.29) is 10.9 Å². The van der Waals surface area contributed by atoms with Crippen molar-refractivity contribution in [3.63, 3.8) is 0 Å². The van der Waals surface area contributed by atoms with Crippen LogP contribution in [0.4, 0.5) is 17.1 Å². The summed E-state index contributed by atoms with van der Waals surface area (Å²) in [7, 11) is -3.78. The largest absolute Gasteiger partial charge is 0.369 e. The second kappa shape index (κ2) is 9.70. The molecule has 0 aliphatic carbocycles. The quantitative estimate of drug-likeness (QED) is 0.672. The number of hydrogen-bond donors (Lipinski definition) is 1. The maximum absolute atomic E-state index is 12.8. The molecule has 0 bridgehead atoms. The molecule has 0 saturated carbocycles. The molecule has 33 heavy (non-hydrogen) atoms. The number of carbonyl (C=O) groups is 2. The number of nitrogens with one attached hydrogen (secondary N) is 1. The number of rotatable bonds is 6. The molecule has 2 amide bonds. The molecule has 2 aliphatic rings. The molecule has 0 atom stereocenters. The van der Waals surface area contributed by atoms with Gasteiger partial charge in [0.1, 0.15) is 5.75 Å². The van der Waals surface area contributed by atoms with E-state index in [9.17, 15) is 18.0 Å². The fourth-order valence-electron chi connectivity index (χ4n) is 4.19. The highest BCUT2D eigenvalue weighted by molar-refractivity contribution is 7.89. The minimum absolute atomic E-state index is 0.0157. The Bertz CT molecular complexity index is 1160. The van der Waals surface area contributed by atoms with Crippen molar-refractivity contribution >= 4 is 50.5 Å². The molecule has 2 aromatic rings. The molecule has 4 rings (SSSR count). The number of piperazine rings is 1. The molecule has 2 saturated heterocycles. The summed E-state index contributed by atoms with van der Waals surface area (Å²) in [6, 6.07) is 13.0. The number of amides is 2. The summed E-state index contributed by atoms with van der Waals surface area (Å²) in [6.07, 6.45) is 1.26. The van der Waals surface area contributed by atoms with Gasteiger partial charge in [-0.1, -0.05) is 23.7 Å². The summed E-state index contributed by atoms with van der Waals surface area (Å²) in [5.41, 5.74) is 3.14. The number of anilines is 3. The first-order valence-electron chi connectivity index (χ1n) is 10.9. The van der Waals surface area contributed by atoms with E-state index in [0.29, 0.717) is 50.5 Å². The van der Waals surface area contributed by atoms with Gasteiger partial charge in [-0.3, -0.25) is 9.59 Å². The minimum atomic E-state index is -3.78. The van der Waals surface area contributed by atoms with Crippen molar-refractivity contribution in [3.05, 3.63) is 53.1 Å². The highest BCUT2D eigenvalue weighted by atomic mass is 35.5. The van der Waals surface area contributed by atoms with Gasteiger partial charge in [-0.25, -0.2) is 8.42 Å². The van der Waals surface area contributed by atoms with Crippen LogP contribution in [-0.4, -0.2) is 63.0 Å². The smallest absolute Gasteiger partial charge is 0.241 e. The highest BCUT2D eigenvalue weighted by Crippen LogP contribution is 2.30. The Balaban J connectivity index is 1.37. The summed E-state index contributed by atoms with van der Waals surface area (Å²) in [5.74, 6) is -1.31. The van der Waals surface area contributed by atoms with Crippen LogP contribution in [0.15, 0.2) is 42.5 Å². The Morgan fingerprint density at radius 3 is 2.45 bits per heavy atom. The van der Waals surface area contributed by atoms with Gasteiger partial charge in [0.05, 0.1) is 10.7 Å². The van der Waals surface area contributed by atoms with Gasteiger partial charge in [0.15, 0.2) is 0 Å². The van der Waals surface area contributed by atoms with Crippen LogP contribution in [0.25, 0.3) is 0 Å². The summed E-state index contributed by atoms with van der Waals surface area (Å²) < 4.78 is 27.1. The Morgan fingerprint density at radius 1 is 1.03 bits per heavy atom. The van der Waals surface area contributed by atoms with Crippen LogP contribution in [0, 0.1) is 6.92 Å². The number of halogens is 1. The first-order chi connectivity index (χ1) is 15.7. The summed E-state index contributed by atoms with van der Waals surface area (Å²) in [4.78, 5) is 28.4. The fourth-order valence-corrected chi connectivity index (χ4v) is 5.66. The molecular formula is C23H27ClN4O4S. The zero-order valence-corrected chi connectivity index (χ0v) is 20.0. The summed E-state index contributed by atoms with van der Waals surface area (Å²) in [6.45, 7) is 4.38. The van der Waals surface area contributed by atoms with Crippen molar-refractivity contribution < 1.29 is 18.0 Å². The SMILES string of the molecule is Cc1cccc(N2CCN(S(=O)(=O)CC(=O)Nc3cc(N4CCCC4=O)ccc3Cl)CC2)c1. The van der Waals surface area contributed by atoms with E-state index in [0.717, 1.165) is 17.7 Å². The van der Waals surface area contributed by atoms with E-state index >= 15 is 0 Å². The fraction of sp³-hybridized carbons (Fsp3) is 0.391. The van der Waals surface area contributed by atoms with Crippen LogP contribution in [0.3, 0.4) is 0 Å². The van der Waals surface area contributed by atoms with Gasteiger partial charge in [-0.05, 0) is 49.2 Å². The standard InChI is InChI=1S/C23H27ClN4O4S/c1-17-4-2-5-18(14-17)26-10-12-27(13-11-26)33(31,32)16-22(29)25-21-15-19(7-8-20(21)24)28-9-3-6-23(28)30/h2,4-5,7-8,14-15H,3,6,9-13,16H2,1H3,(H,25,29). The zero-order valence-electron chi connectivity index (χ0n) is 18.5. The number of carbonyl (C=O) groups excluding carboxylic acids is 2. The molecule has 0 unspecified atom stereocenters. The average Bonchev–Trinajstić information content (AvgIpc) is 3.21. The average molecular weight is 491 g/mol. The molecular weight excluding hydrogens is 464 g/mol. The third-order valence-corrected chi connectivity index (χ3v) is 8.03. The van der Waals surface area contributed by atoms with Crippen LogP contribution in [0.2, 0.25) is 5.02 Å². The van der Waals surface area contributed by atoms with Gasteiger partial charge in [0.2, 0.25) is 21.8 Å². The molecule has 10 heteroatoms. The Morgan fingerprint density at radius 2 is 1.79 bits per heavy atom. The molecule has 8 nitrogen and oxygen atoms in total. The molecule has 0 radical (unpaired) electrons. The van der Waals surface area contributed by atoms with Crippen molar-refractivity contribution in [1.29, 1.82) is 0 Å². The first kappa shape index (κ1) is 23.5. The van der Waals surface area contributed by atoms with E-state index in [1.54, 1.807) is 23.1 Å². The maximum atomic E-state index is 12.8. The van der Waals surface area contributed by atoms with Crippen molar-refractivity contribution in [2.75, 3.05) is 53.6 Å². The Hall–Kier alpha value is -2.62. The van der Waals surface area contributed by atoms with E-state index in [2.05, 4.69) is 16.3 Å². The van der Waals surface area contributed by atoms with Crippen molar-refractivity contribution in [2.24, 2.45) is 0 Å². The predicted octanol–water partition coefficient (Wildman–Crippen LogP) is 2.87. The van der Waals surface area contributed by atoms with Crippen LogP contribution >= 0.6 is 11.6 Å². The van der Waals surface area contributed by atoms with E-state index in [1.165, 1.54) is 4.31 Å². The van der Waals surface area contributed by atoms with Gasteiger partial charge in [-0.15, -0.1) is 0 Å². The molecule has 2 aromatic carbocycles. The topological polar surface area (TPSA) is 90.0 Å². The molecule has 1 N–H and O–H groups in total. The predicted molar refractivity (Wildman–Crippen MR) is 130 cm³/mol. The summed E-state index contributed by atoms with van der Waals surface area (Å²) in [5, 5.41) is 2.88. The number of benzene rings is 2. The normalized spacial score (nSPS) is 17.5. The van der Waals surface area contributed by atoms with Gasteiger partial charge in [0, 0.05) is 50.5 Å². The summed E-state index contributed by atoms with van der Waals surface area (Å²) >= 11 is 6.21. The Labute approximate surface area is 199 Å². The van der Waals surface area contributed by atoms with Crippen LogP contribution in [-0.2, 0) is 19.6 Å². The van der Waals surface area contributed by atoms with Crippen LogP contribution < -0.4 is 15.1 Å². The molecule has 0 aromatic heterocycles. The third-order valence-electron chi connectivity index (χ3n) is 5.92. The minimum Gasteiger partial charge on any atom is -0.369 e. The van der Waals surface area contributed by atoms with Gasteiger partial charge >= 0.3 is 0 Å². The molecule has 0 spiro atoms. The van der Waals surface area contributed by atoms with E-state index < -0.39 is 21.7 Å². The molecule has 2 heterocycles. The van der Waals surface area contributed by atoms with Gasteiger partial charge in [0.25, 0.3) is 0 Å². The van der Waals surface area contributed by atoms with Crippen molar-refractivity contribution in [3.8, 4) is 0 Å². The molecule has 176 valence electrons. The van der Waals surface area contributed by atoms with Gasteiger partial charge in [-0.2, -0.15) is 4.31 Å². The molecule has 2 fully saturated rings. The van der Waals surface area contributed by atoms with Gasteiger partial charge < -0.3 is 15.1 Å². The Kier molecular flexibility index (Phi) is 6.92. The van der Waals surface area contributed by atoms with Crippen LogP contribution in [0.5, 0.6) is 0 Å². The second-order valence-corrected chi connectivity index (χ2v) is 10.7. The van der Waals surface area contributed by atoms with E-state index in [1.807, 2.05) is 25.1 Å². The molecule has 2 aliphatic heterocycles. The maximum Gasteiger partial charge on any atom is 0.241 e. The highest BCUT2D eigenvalue weighted by Gasteiger charge is 2.29.